The van der Waals surface area contributed by atoms with Crippen molar-refractivity contribution in [3.05, 3.63) is 89.5 Å². The van der Waals surface area contributed by atoms with Crippen molar-refractivity contribution in [3.63, 3.8) is 0 Å². The minimum absolute atomic E-state index is 0.0329. The van der Waals surface area contributed by atoms with Crippen molar-refractivity contribution in [3.8, 4) is 0 Å². The van der Waals surface area contributed by atoms with Crippen molar-refractivity contribution in [2.24, 2.45) is 0 Å². The molecule has 4 rings (SSSR count). The first-order valence-corrected chi connectivity index (χ1v) is 14.1. The number of rotatable bonds is 9. The number of ether oxygens (including phenoxy) is 1. The first-order valence-electron chi connectivity index (χ1n) is 14.1. The predicted molar refractivity (Wildman–Crippen MR) is 162 cm³/mol. The van der Waals surface area contributed by atoms with Crippen molar-refractivity contribution in [2.75, 3.05) is 38.2 Å². The lowest BCUT2D eigenvalue weighted by Crippen LogP contribution is -2.41. The number of nitrogens with one attached hydrogen (secondary N) is 4. The Morgan fingerprint density at radius 2 is 1.79 bits per heavy atom. The van der Waals surface area contributed by atoms with Crippen LogP contribution in [0.25, 0.3) is 10.8 Å². The second kappa shape index (κ2) is 14.8. The summed E-state index contributed by atoms with van der Waals surface area (Å²) in [4.78, 5) is 51.4. The molecule has 0 unspecified atom stereocenters. The third-order valence-corrected chi connectivity index (χ3v) is 7.19. The molecule has 10 heteroatoms. The van der Waals surface area contributed by atoms with E-state index in [0.717, 1.165) is 72.3 Å². The molecule has 3 aromatic rings. The van der Waals surface area contributed by atoms with E-state index in [-0.39, 0.29) is 24.8 Å². The zero-order valence-electron chi connectivity index (χ0n) is 23.9. The summed E-state index contributed by atoms with van der Waals surface area (Å²) >= 11 is 0. The fraction of sp³-hybridized carbons (Fsp3) is 0.312. The highest BCUT2D eigenvalue weighted by Gasteiger charge is 2.19. The fourth-order valence-electron chi connectivity index (χ4n) is 4.98. The maximum Gasteiger partial charge on any atom is 0.330 e. The molecule has 0 saturated carbocycles. The molecular formula is C32H37N5O5. The van der Waals surface area contributed by atoms with E-state index in [2.05, 4.69) is 31.1 Å². The number of hydrazine groups is 1. The third kappa shape index (κ3) is 8.17. The summed E-state index contributed by atoms with van der Waals surface area (Å²) in [5.41, 5.74) is 7.82. The van der Waals surface area contributed by atoms with Gasteiger partial charge in [-0.2, -0.15) is 0 Å². The van der Waals surface area contributed by atoms with Crippen molar-refractivity contribution in [1.82, 2.24) is 21.5 Å². The Morgan fingerprint density at radius 1 is 0.976 bits per heavy atom. The van der Waals surface area contributed by atoms with Gasteiger partial charge in [0.25, 0.3) is 11.8 Å². The minimum Gasteiger partial charge on any atom is -0.466 e. The largest absolute Gasteiger partial charge is 0.466 e. The molecule has 0 aromatic heterocycles. The van der Waals surface area contributed by atoms with Crippen LogP contribution in [0, 0.1) is 0 Å². The fourth-order valence-corrected chi connectivity index (χ4v) is 4.98. The summed E-state index contributed by atoms with van der Waals surface area (Å²) in [5.74, 6) is -2.02. The first kappa shape index (κ1) is 30.3. The van der Waals surface area contributed by atoms with Crippen LogP contribution >= 0.6 is 0 Å². The lowest BCUT2D eigenvalue weighted by molar-refractivity contribution is -0.135. The zero-order chi connectivity index (χ0) is 29.9. The number of methoxy groups -OCH3 is 1. The summed E-state index contributed by atoms with van der Waals surface area (Å²) in [6.45, 7) is 5.52. The highest BCUT2D eigenvalue weighted by Crippen LogP contribution is 2.26. The van der Waals surface area contributed by atoms with Gasteiger partial charge in [0.1, 0.15) is 0 Å². The van der Waals surface area contributed by atoms with Gasteiger partial charge in [-0.05, 0) is 66.4 Å². The van der Waals surface area contributed by atoms with Crippen LogP contribution in [0.15, 0.2) is 72.8 Å². The van der Waals surface area contributed by atoms with Crippen molar-refractivity contribution in [2.45, 2.75) is 32.2 Å². The first-order chi connectivity index (χ1) is 20.4. The number of aryl methyl sites for hydroxylation is 1. The summed E-state index contributed by atoms with van der Waals surface area (Å²) in [6, 6.07) is 19.6. The number of fused-ring (bicyclic) bond motifs is 1. The lowest BCUT2D eigenvalue weighted by Gasteiger charge is -2.24. The molecule has 4 N–H and O–H groups in total. The van der Waals surface area contributed by atoms with E-state index >= 15 is 0 Å². The number of amides is 3. The summed E-state index contributed by atoms with van der Waals surface area (Å²) in [6.07, 6.45) is 3.24. The van der Waals surface area contributed by atoms with Crippen LogP contribution in [-0.2, 0) is 25.5 Å². The Bertz CT molecular complexity index is 1460. The Hall–Kier alpha value is -4.70. The molecule has 1 saturated heterocycles. The zero-order valence-corrected chi connectivity index (χ0v) is 23.9. The Kier molecular flexibility index (Phi) is 10.7. The van der Waals surface area contributed by atoms with Crippen LogP contribution in [0.5, 0.6) is 0 Å². The molecule has 3 aromatic carbocycles. The molecule has 1 fully saturated rings. The van der Waals surface area contributed by atoms with Gasteiger partial charge >= 0.3 is 5.97 Å². The second-order valence-electron chi connectivity index (χ2n) is 10.1. The average Bonchev–Trinajstić information content (AvgIpc) is 3.31. The van der Waals surface area contributed by atoms with Gasteiger partial charge in [0.15, 0.2) is 0 Å². The van der Waals surface area contributed by atoms with Gasteiger partial charge in [0.05, 0.1) is 13.2 Å². The molecule has 42 heavy (non-hydrogen) atoms. The average molecular weight is 572 g/mol. The standard InChI is InChI=1S/C32H37N5O5/c1-22(26-10-5-8-23-7-3-4-9-27(23)26)34-32(41)28-13-12-25(37-19-6-17-33-18-20-37)21-24(28)11-14-29(38)35-36-30(39)15-16-31(40)42-2/h3-5,7-10,12-13,15-16,21-22,33H,6,11,14,17-20H2,1-2H3,(H,34,41)(H,35,38)(H,36,39)/b16-15+/t22-/m1/s1. The molecule has 1 atom stereocenters. The van der Waals surface area contributed by atoms with Crippen LogP contribution in [0.1, 0.15) is 47.3 Å². The van der Waals surface area contributed by atoms with Crippen LogP contribution in [0.2, 0.25) is 0 Å². The molecule has 1 heterocycles. The maximum absolute atomic E-state index is 13.6. The van der Waals surface area contributed by atoms with Crippen LogP contribution in [0.4, 0.5) is 5.69 Å². The number of benzene rings is 3. The number of carbonyl (C=O) groups excluding carboxylic acids is 4. The second-order valence-corrected chi connectivity index (χ2v) is 10.1. The van der Waals surface area contributed by atoms with Gasteiger partial charge < -0.3 is 20.3 Å². The Balaban J connectivity index is 1.49. The third-order valence-electron chi connectivity index (χ3n) is 7.19. The number of esters is 1. The topological polar surface area (TPSA) is 129 Å². The molecular weight excluding hydrogens is 534 g/mol. The molecule has 10 nitrogen and oxygen atoms in total. The normalized spacial score (nSPS) is 14.2. The number of hydrogen-bond acceptors (Lipinski definition) is 7. The summed E-state index contributed by atoms with van der Waals surface area (Å²) < 4.78 is 4.44. The molecule has 220 valence electrons. The number of anilines is 1. The van der Waals surface area contributed by atoms with Crippen LogP contribution in [-0.4, -0.2) is 57.0 Å². The Morgan fingerprint density at radius 3 is 2.62 bits per heavy atom. The van der Waals surface area contributed by atoms with Gasteiger partial charge in [-0.1, -0.05) is 42.5 Å². The van der Waals surface area contributed by atoms with E-state index in [1.54, 1.807) is 0 Å². The molecule has 1 aliphatic heterocycles. The van der Waals surface area contributed by atoms with Crippen molar-refractivity contribution >= 4 is 40.2 Å². The predicted octanol–water partition coefficient (Wildman–Crippen LogP) is 2.94. The summed E-state index contributed by atoms with van der Waals surface area (Å²) in [5, 5.41) is 8.73. The van der Waals surface area contributed by atoms with Gasteiger partial charge in [0, 0.05) is 49.5 Å². The minimum atomic E-state index is -0.683. The van der Waals surface area contributed by atoms with Gasteiger partial charge in [-0.3, -0.25) is 25.2 Å². The monoisotopic (exact) mass is 571 g/mol. The molecule has 0 bridgehead atoms. The Labute approximate surface area is 245 Å². The van der Waals surface area contributed by atoms with Gasteiger partial charge in [0.2, 0.25) is 5.91 Å². The van der Waals surface area contributed by atoms with Crippen LogP contribution < -0.4 is 26.4 Å². The van der Waals surface area contributed by atoms with Crippen LogP contribution in [0.3, 0.4) is 0 Å². The number of nitrogens with zero attached hydrogens (tertiary/aromatic N) is 1. The molecule has 0 spiro atoms. The van der Waals surface area contributed by atoms with E-state index in [1.807, 2.05) is 67.6 Å². The molecule has 1 aliphatic rings. The molecule has 0 radical (unpaired) electrons. The molecule has 3 amide bonds. The van der Waals surface area contributed by atoms with E-state index in [0.29, 0.717) is 5.56 Å². The smallest absolute Gasteiger partial charge is 0.330 e. The SMILES string of the molecule is COC(=O)/C=C/C(=O)NNC(=O)CCc1cc(N2CCCNCC2)ccc1C(=O)N[C@H](C)c1cccc2ccccc12. The van der Waals surface area contributed by atoms with E-state index in [1.165, 1.54) is 7.11 Å². The maximum atomic E-state index is 13.6. The van der Waals surface area contributed by atoms with Gasteiger partial charge in [-0.25, -0.2) is 4.79 Å². The van der Waals surface area contributed by atoms with Crippen molar-refractivity contribution < 1.29 is 23.9 Å². The van der Waals surface area contributed by atoms with Gasteiger partial charge in [-0.15, -0.1) is 0 Å². The highest BCUT2D eigenvalue weighted by atomic mass is 16.5. The van der Waals surface area contributed by atoms with E-state index < -0.39 is 17.8 Å². The quantitative estimate of drug-likeness (QED) is 0.177. The molecule has 0 aliphatic carbocycles. The van der Waals surface area contributed by atoms with E-state index in [4.69, 9.17) is 0 Å². The highest BCUT2D eigenvalue weighted by molar-refractivity contribution is 5.97. The summed E-state index contributed by atoms with van der Waals surface area (Å²) in [7, 11) is 1.20. The van der Waals surface area contributed by atoms with Crippen molar-refractivity contribution in [1.29, 1.82) is 0 Å². The van der Waals surface area contributed by atoms with E-state index in [9.17, 15) is 19.2 Å². The number of hydrogen-bond donors (Lipinski definition) is 4. The number of carbonyl (C=O) groups is 4. The lowest BCUT2D eigenvalue weighted by atomic mass is 9.97.